The Hall–Kier alpha value is -2.17. The van der Waals surface area contributed by atoms with Crippen LogP contribution in [0.4, 0.5) is 5.69 Å². The quantitative estimate of drug-likeness (QED) is 0.600. The van der Waals surface area contributed by atoms with Crippen LogP contribution in [-0.4, -0.2) is 10.1 Å². The lowest BCUT2D eigenvalue weighted by Gasteiger charge is -1.97. The highest BCUT2D eigenvalue weighted by atomic mass is 16.6. The van der Waals surface area contributed by atoms with Crippen LogP contribution in [0.2, 0.25) is 0 Å². The van der Waals surface area contributed by atoms with Crippen LogP contribution in [0.3, 0.4) is 0 Å². The van der Waals surface area contributed by atoms with Crippen molar-refractivity contribution in [3.05, 3.63) is 57.5 Å². The van der Waals surface area contributed by atoms with Crippen LogP contribution >= 0.6 is 0 Å². The number of rotatable bonds is 4. The molecule has 5 nitrogen and oxygen atoms in total. The van der Waals surface area contributed by atoms with Crippen LogP contribution < -0.4 is 0 Å². The Labute approximate surface area is 98.2 Å². The zero-order chi connectivity index (χ0) is 12.3. The van der Waals surface area contributed by atoms with Crippen molar-refractivity contribution in [3.63, 3.8) is 0 Å². The first-order valence-electron chi connectivity index (χ1n) is 5.32. The summed E-state index contributed by atoms with van der Waals surface area (Å²) in [6.45, 7) is 1.58. The molecular formula is C12H12N2O3. The van der Waals surface area contributed by atoms with Crippen molar-refractivity contribution in [3.8, 4) is 0 Å². The van der Waals surface area contributed by atoms with Crippen LogP contribution in [-0.2, 0) is 12.8 Å². The Balaban J connectivity index is 2.12. The lowest BCUT2D eigenvalue weighted by Crippen LogP contribution is -1.96. The van der Waals surface area contributed by atoms with Gasteiger partial charge in [0.25, 0.3) is 0 Å². The first-order valence-corrected chi connectivity index (χ1v) is 5.32. The van der Waals surface area contributed by atoms with Gasteiger partial charge in [-0.25, -0.2) is 0 Å². The molecule has 5 heteroatoms. The van der Waals surface area contributed by atoms with E-state index in [1.165, 1.54) is 0 Å². The molecule has 2 aromatic rings. The number of nitro groups is 1. The highest BCUT2D eigenvalue weighted by Crippen LogP contribution is 2.23. The van der Waals surface area contributed by atoms with E-state index in [0.717, 1.165) is 5.56 Å². The summed E-state index contributed by atoms with van der Waals surface area (Å²) in [6, 6.07) is 9.78. The zero-order valence-corrected chi connectivity index (χ0v) is 9.42. The summed E-state index contributed by atoms with van der Waals surface area (Å²) in [5.41, 5.74) is 1.45. The van der Waals surface area contributed by atoms with E-state index >= 15 is 0 Å². The first-order chi connectivity index (χ1) is 8.18. The van der Waals surface area contributed by atoms with Gasteiger partial charge in [0.2, 0.25) is 5.76 Å². The highest BCUT2D eigenvalue weighted by molar-refractivity contribution is 5.38. The van der Waals surface area contributed by atoms with Crippen LogP contribution in [0.25, 0.3) is 0 Å². The summed E-state index contributed by atoms with van der Waals surface area (Å²) in [5.74, 6) is 0.344. The molecule has 0 bridgehead atoms. The molecule has 0 aliphatic carbocycles. The second-order valence-corrected chi connectivity index (χ2v) is 3.78. The molecule has 1 heterocycles. The van der Waals surface area contributed by atoms with E-state index in [4.69, 9.17) is 4.52 Å². The number of hydrogen-bond donors (Lipinski definition) is 0. The van der Waals surface area contributed by atoms with Crippen molar-refractivity contribution >= 4 is 5.69 Å². The molecule has 0 N–H and O–H groups in total. The smallest absolute Gasteiger partial charge is 0.334 e. The van der Waals surface area contributed by atoms with Gasteiger partial charge in [-0.15, -0.1) is 0 Å². The molecule has 0 aliphatic heterocycles. The summed E-state index contributed by atoms with van der Waals surface area (Å²) >= 11 is 0. The fraction of sp³-hybridized carbons (Fsp3) is 0.250. The molecule has 2 rings (SSSR count). The second-order valence-electron chi connectivity index (χ2n) is 3.78. The van der Waals surface area contributed by atoms with E-state index in [1.54, 1.807) is 6.92 Å². The average molecular weight is 232 g/mol. The molecule has 1 aromatic carbocycles. The average Bonchev–Trinajstić information content (AvgIpc) is 2.69. The molecule has 0 aliphatic rings. The van der Waals surface area contributed by atoms with Gasteiger partial charge in [-0.3, -0.25) is 10.1 Å². The fourth-order valence-electron chi connectivity index (χ4n) is 1.71. The van der Waals surface area contributed by atoms with Gasteiger partial charge in [-0.2, -0.15) is 0 Å². The van der Waals surface area contributed by atoms with E-state index in [-0.39, 0.29) is 5.69 Å². The minimum atomic E-state index is -0.438. The van der Waals surface area contributed by atoms with Crippen molar-refractivity contribution in [2.45, 2.75) is 19.8 Å². The van der Waals surface area contributed by atoms with Gasteiger partial charge in [-0.1, -0.05) is 35.5 Å². The second kappa shape index (κ2) is 4.78. The lowest BCUT2D eigenvalue weighted by molar-refractivity contribution is -0.386. The Morgan fingerprint density at radius 1 is 1.29 bits per heavy atom. The van der Waals surface area contributed by atoms with Crippen molar-refractivity contribution in [2.75, 3.05) is 0 Å². The van der Waals surface area contributed by atoms with Crippen LogP contribution in [0, 0.1) is 17.0 Å². The van der Waals surface area contributed by atoms with Crippen molar-refractivity contribution in [2.24, 2.45) is 0 Å². The summed E-state index contributed by atoms with van der Waals surface area (Å²) in [5, 5.41) is 14.5. The summed E-state index contributed by atoms with van der Waals surface area (Å²) < 4.78 is 4.99. The monoisotopic (exact) mass is 232 g/mol. The maximum atomic E-state index is 10.8. The summed E-state index contributed by atoms with van der Waals surface area (Å²) in [4.78, 5) is 10.4. The molecule has 0 saturated carbocycles. The van der Waals surface area contributed by atoms with E-state index in [2.05, 4.69) is 5.16 Å². The minimum Gasteiger partial charge on any atom is -0.354 e. The van der Waals surface area contributed by atoms with Gasteiger partial charge < -0.3 is 4.52 Å². The number of aryl methyl sites for hydroxylation is 3. The van der Waals surface area contributed by atoms with Crippen LogP contribution in [0.15, 0.2) is 34.9 Å². The highest BCUT2D eigenvalue weighted by Gasteiger charge is 2.23. The molecule has 0 radical (unpaired) electrons. The van der Waals surface area contributed by atoms with E-state index < -0.39 is 4.92 Å². The van der Waals surface area contributed by atoms with Gasteiger partial charge in [-0.05, 0) is 18.9 Å². The molecule has 0 unspecified atom stereocenters. The standard InChI is InChI=1S/C12H12N2O3/c1-9-12(14(15)16)11(17-13-9)8-7-10-5-3-2-4-6-10/h2-6H,7-8H2,1H3. The maximum absolute atomic E-state index is 10.8. The van der Waals surface area contributed by atoms with E-state index in [9.17, 15) is 10.1 Å². The Kier molecular flexibility index (Phi) is 3.18. The fourth-order valence-corrected chi connectivity index (χ4v) is 1.71. The molecule has 0 fully saturated rings. The molecular weight excluding hydrogens is 220 g/mol. The molecule has 0 spiro atoms. The Morgan fingerprint density at radius 2 is 2.00 bits per heavy atom. The van der Waals surface area contributed by atoms with Gasteiger partial charge in [0.15, 0.2) is 5.69 Å². The van der Waals surface area contributed by atoms with E-state index in [0.29, 0.717) is 24.3 Å². The predicted octanol–water partition coefficient (Wildman–Crippen LogP) is 2.68. The molecule has 0 atom stereocenters. The SMILES string of the molecule is Cc1noc(CCc2ccccc2)c1[N+](=O)[O-]. The van der Waals surface area contributed by atoms with Gasteiger partial charge in [0.05, 0.1) is 4.92 Å². The Bertz CT molecular complexity index is 520. The zero-order valence-electron chi connectivity index (χ0n) is 9.42. The van der Waals surface area contributed by atoms with Crippen LogP contribution in [0.1, 0.15) is 17.0 Å². The predicted molar refractivity (Wildman–Crippen MR) is 61.7 cm³/mol. The van der Waals surface area contributed by atoms with Crippen molar-refractivity contribution in [1.29, 1.82) is 0 Å². The van der Waals surface area contributed by atoms with Gasteiger partial charge >= 0.3 is 5.69 Å². The minimum absolute atomic E-state index is 0.000862. The largest absolute Gasteiger partial charge is 0.354 e. The molecule has 0 amide bonds. The van der Waals surface area contributed by atoms with Crippen molar-refractivity contribution < 1.29 is 9.45 Å². The Morgan fingerprint density at radius 3 is 2.65 bits per heavy atom. The third-order valence-corrected chi connectivity index (χ3v) is 2.57. The van der Waals surface area contributed by atoms with Gasteiger partial charge in [0, 0.05) is 6.42 Å². The van der Waals surface area contributed by atoms with Crippen molar-refractivity contribution in [1.82, 2.24) is 5.16 Å². The summed E-state index contributed by atoms with van der Waals surface area (Å²) in [7, 11) is 0. The number of hydrogen-bond acceptors (Lipinski definition) is 4. The maximum Gasteiger partial charge on any atom is 0.334 e. The third kappa shape index (κ3) is 2.50. The number of benzene rings is 1. The normalized spacial score (nSPS) is 10.4. The van der Waals surface area contributed by atoms with Gasteiger partial charge in [0.1, 0.15) is 0 Å². The van der Waals surface area contributed by atoms with E-state index in [1.807, 2.05) is 30.3 Å². The third-order valence-electron chi connectivity index (χ3n) is 2.57. The topological polar surface area (TPSA) is 69.2 Å². The molecule has 0 saturated heterocycles. The first kappa shape index (κ1) is 11.3. The molecule has 88 valence electrons. The lowest BCUT2D eigenvalue weighted by atomic mass is 10.1. The number of aromatic nitrogens is 1. The van der Waals surface area contributed by atoms with Crippen LogP contribution in [0.5, 0.6) is 0 Å². The molecule has 1 aromatic heterocycles. The summed E-state index contributed by atoms with van der Waals surface area (Å²) in [6.07, 6.45) is 1.19. The number of nitrogens with zero attached hydrogens (tertiary/aromatic N) is 2. The molecule has 17 heavy (non-hydrogen) atoms.